The SMILES string of the molecule is CC1(C)C[C@@H](O)CCN(c2cnc3ccccc3n2)C1. The lowest BCUT2D eigenvalue weighted by Gasteiger charge is -2.30. The fourth-order valence-electron chi connectivity index (χ4n) is 3.00. The van der Waals surface area contributed by atoms with Crippen LogP contribution in [0, 0.1) is 5.41 Å². The third-order valence-electron chi connectivity index (χ3n) is 3.90. The van der Waals surface area contributed by atoms with Crippen LogP contribution in [0.5, 0.6) is 0 Å². The summed E-state index contributed by atoms with van der Waals surface area (Å²) in [6.07, 6.45) is 3.25. The fourth-order valence-corrected chi connectivity index (χ4v) is 3.00. The van der Waals surface area contributed by atoms with Crippen molar-refractivity contribution in [2.45, 2.75) is 32.8 Å². The van der Waals surface area contributed by atoms with E-state index in [0.29, 0.717) is 0 Å². The number of aromatic nitrogens is 2. The predicted octanol–water partition coefficient (Wildman–Crippen LogP) is 2.62. The van der Waals surface area contributed by atoms with Crippen LogP contribution in [0.4, 0.5) is 5.82 Å². The number of benzene rings is 1. The number of anilines is 1. The van der Waals surface area contributed by atoms with E-state index in [4.69, 9.17) is 4.98 Å². The Morgan fingerprint density at radius 3 is 2.80 bits per heavy atom. The molecule has 0 bridgehead atoms. The summed E-state index contributed by atoms with van der Waals surface area (Å²) < 4.78 is 0. The van der Waals surface area contributed by atoms with Gasteiger partial charge in [0.05, 0.1) is 23.3 Å². The molecule has 1 N–H and O–H groups in total. The third-order valence-corrected chi connectivity index (χ3v) is 3.90. The molecule has 1 aliphatic heterocycles. The van der Waals surface area contributed by atoms with Gasteiger partial charge in [0.2, 0.25) is 0 Å². The highest BCUT2D eigenvalue weighted by Gasteiger charge is 2.29. The minimum absolute atomic E-state index is 0.0865. The summed E-state index contributed by atoms with van der Waals surface area (Å²) >= 11 is 0. The molecule has 1 aromatic carbocycles. The molecule has 106 valence electrons. The number of hydrogen-bond donors (Lipinski definition) is 1. The summed E-state index contributed by atoms with van der Waals surface area (Å²) in [4.78, 5) is 11.4. The number of para-hydroxylation sites is 2. The maximum absolute atomic E-state index is 10.00. The Morgan fingerprint density at radius 1 is 1.25 bits per heavy atom. The second-order valence-electron chi connectivity index (χ2n) is 6.45. The van der Waals surface area contributed by atoms with Gasteiger partial charge in [-0.3, -0.25) is 4.98 Å². The van der Waals surface area contributed by atoms with Crippen molar-refractivity contribution in [1.82, 2.24) is 9.97 Å². The lowest BCUT2D eigenvalue weighted by Crippen LogP contribution is -2.33. The second-order valence-corrected chi connectivity index (χ2v) is 6.45. The van der Waals surface area contributed by atoms with Crippen molar-refractivity contribution in [3.63, 3.8) is 0 Å². The zero-order chi connectivity index (χ0) is 14.2. The Morgan fingerprint density at radius 2 is 2.00 bits per heavy atom. The Labute approximate surface area is 119 Å². The van der Waals surface area contributed by atoms with E-state index in [-0.39, 0.29) is 11.5 Å². The number of hydrogen-bond acceptors (Lipinski definition) is 4. The van der Waals surface area contributed by atoms with E-state index in [1.807, 2.05) is 30.5 Å². The van der Waals surface area contributed by atoms with Gasteiger partial charge < -0.3 is 10.0 Å². The standard InChI is InChI=1S/C16H21N3O/c1-16(2)9-12(20)7-8-19(11-16)15-10-17-13-5-3-4-6-14(13)18-15/h3-6,10,12,20H,7-9,11H2,1-2H3/t12-/m0/s1. The molecule has 3 rings (SSSR count). The normalized spacial score (nSPS) is 22.8. The van der Waals surface area contributed by atoms with Crippen molar-refractivity contribution in [2.75, 3.05) is 18.0 Å². The molecule has 1 atom stereocenters. The molecule has 1 aliphatic rings. The van der Waals surface area contributed by atoms with Crippen LogP contribution < -0.4 is 4.90 Å². The first-order valence-corrected chi connectivity index (χ1v) is 7.18. The summed E-state index contributed by atoms with van der Waals surface area (Å²) in [5, 5.41) is 10.00. The van der Waals surface area contributed by atoms with Crippen LogP contribution in [0.1, 0.15) is 26.7 Å². The minimum atomic E-state index is -0.219. The lowest BCUT2D eigenvalue weighted by molar-refractivity contribution is 0.123. The Bertz CT molecular complexity index is 611. The van der Waals surface area contributed by atoms with E-state index < -0.39 is 0 Å². The number of rotatable bonds is 1. The minimum Gasteiger partial charge on any atom is -0.393 e. The molecule has 0 spiro atoms. The first-order chi connectivity index (χ1) is 9.53. The van der Waals surface area contributed by atoms with Gasteiger partial charge in [0, 0.05) is 13.1 Å². The van der Waals surface area contributed by atoms with E-state index in [2.05, 4.69) is 23.7 Å². The maximum Gasteiger partial charge on any atom is 0.147 e. The molecule has 0 radical (unpaired) electrons. The predicted molar refractivity (Wildman–Crippen MR) is 80.8 cm³/mol. The molecular formula is C16H21N3O. The fraction of sp³-hybridized carbons (Fsp3) is 0.500. The highest BCUT2D eigenvalue weighted by Crippen LogP contribution is 2.30. The van der Waals surface area contributed by atoms with Crippen LogP contribution in [0.15, 0.2) is 30.5 Å². The average molecular weight is 271 g/mol. The Hall–Kier alpha value is -1.68. The number of nitrogens with zero attached hydrogens (tertiary/aromatic N) is 3. The zero-order valence-electron chi connectivity index (χ0n) is 12.1. The van der Waals surface area contributed by atoms with E-state index in [9.17, 15) is 5.11 Å². The molecule has 0 unspecified atom stereocenters. The molecule has 2 aromatic rings. The molecule has 4 heteroatoms. The second kappa shape index (κ2) is 5.02. The first-order valence-electron chi connectivity index (χ1n) is 7.18. The van der Waals surface area contributed by atoms with Crippen LogP contribution in [-0.4, -0.2) is 34.3 Å². The summed E-state index contributed by atoms with van der Waals surface area (Å²) in [5.41, 5.74) is 1.93. The Kier molecular flexibility index (Phi) is 3.34. The van der Waals surface area contributed by atoms with Gasteiger partial charge in [-0.25, -0.2) is 4.98 Å². The van der Waals surface area contributed by atoms with Gasteiger partial charge in [-0.15, -0.1) is 0 Å². The van der Waals surface area contributed by atoms with Crippen molar-refractivity contribution in [1.29, 1.82) is 0 Å². The van der Waals surface area contributed by atoms with Crippen LogP contribution in [-0.2, 0) is 0 Å². The van der Waals surface area contributed by atoms with E-state index in [0.717, 1.165) is 42.8 Å². The van der Waals surface area contributed by atoms with Gasteiger partial charge in [0.15, 0.2) is 0 Å². The molecule has 0 amide bonds. The monoisotopic (exact) mass is 271 g/mol. The van der Waals surface area contributed by atoms with Gasteiger partial charge in [-0.1, -0.05) is 26.0 Å². The largest absolute Gasteiger partial charge is 0.393 e. The molecule has 20 heavy (non-hydrogen) atoms. The number of fused-ring (bicyclic) bond motifs is 1. The van der Waals surface area contributed by atoms with Crippen LogP contribution in [0.25, 0.3) is 11.0 Å². The summed E-state index contributed by atoms with van der Waals surface area (Å²) in [5.74, 6) is 0.908. The van der Waals surface area contributed by atoms with Crippen LogP contribution in [0.3, 0.4) is 0 Å². The molecule has 0 saturated carbocycles. The highest BCUT2D eigenvalue weighted by atomic mass is 16.3. The zero-order valence-corrected chi connectivity index (χ0v) is 12.1. The molecule has 1 fully saturated rings. The first kappa shape index (κ1) is 13.3. The van der Waals surface area contributed by atoms with Gasteiger partial charge >= 0.3 is 0 Å². The Balaban J connectivity index is 1.93. The van der Waals surface area contributed by atoms with Gasteiger partial charge in [-0.05, 0) is 30.4 Å². The van der Waals surface area contributed by atoms with Crippen LogP contribution in [0.2, 0.25) is 0 Å². The van der Waals surface area contributed by atoms with Gasteiger partial charge in [-0.2, -0.15) is 0 Å². The third kappa shape index (κ3) is 2.75. The maximum atomic E-state index is 10.00. The van der Waals surface area contributed by atoms with Gasteiger partial charge in [0.1, 0.15) is 5.82 Å². The number of aliphatic hydroxyl groups excluding tert-OH is 1. The molecule has 4 nitrogen and oxygen atoms in total. The summed E-state index contributed by atoms with van der Waals surface area (Å²) in [7, 11) is 0. The molecular weight excluding hydrogens is 250 g/mol. The molecule has 2 heterocycles. The summed E-state index contributed by atoms with van der Waals surface area (Å²) in [6.45, 7) is 6.13. The lowest BCUT2D eigenvalue weighted by atomic mass is 9.87. The van der Waals surface area contributed by atoms with E-state index >= 15 is 0 Å². The molecule has 1 saturated heterocycles. The average Bonchev–Trinajstić information content (AvgIpc) is 2.55. The van der Waals surface area contributed by atoms with Crippen molar-refractivity contribution < 1.29 is 5.11 Å². The smallest absolute Gasteiger partial charge is 0.147 e. The van der Waals surface area contributed by atoms with Crippen molar-refractivity contribution in [2.24, 2.45) is 5.41 Å². The van der Waals surface area contributed by atoms with Crippen molar-refractivity contribution in [3.8, 4) is 0 Å². The van der Waals surface area contributed by atoms with Crippen molar-refractivity contribution >= 4 is 16.9 Å². The highest BCUT2D eigenvalue weighted by molar-refractivity contribution is 5.75. The molecule has 0 aliphatic carbocycles. The van der Waals surface area contributed by atoms with Crippen LogP contribution >= 0.6 is 0 Å². The molecule has 1 aromatic heterocycles. The van der Waals surface area contributed by atoms with E-state index in [1.165, 1.54) is 0 Å². The topological polar surface area (TPSA) is 49.2 Å². The summed E-state index contributed by atoms with van der Waals surface area (Å²) in [6, 6.07) is 7.92. The van der Waals surface area contributed by atoms with E-state index in [1.54, 1.807) is 0 Å². The quantitative estimate of drug-likeness (QED) is 0.866. The van der Waals surface area contributed by atoms with Crippen molar-refractivity contribution in [3.05, 3.63) is 30.5 Å². The number of aliphatic hydroxyl groups is 1. The van der Waals surface area contributed by atoms with Gasteiger partial charge in [0.25, 0.3) is 0 Å².